The Kier molecular flexibility index (Phi) is 5.62. The average Bonchev–Trinajstić information content (AvgIpc) is 3.30. The van der Waals surface area contributed by atoms with E-state index in [-0.39, 0.29) is 29.8 Å². The lowest BCUT2D eigenvalue weighted by Crippen LogP contribution is -2.66. The van der Waals surface area contributed by atoms with Crippen molar-refractivity contribution in [2.45, 2.75) is 58.5 Å². The van der Waals surface area contributed by atoms with Gasteiger partial charge < -0.3 is 15.0 Å². The van der Waals surface area contributed by atoms with Gasteiger partial charge in [0, 0.05) is 13.2 Å². The van der Waals surface area contributed by atoms with Crippen LogP contribution in [0.1, 0.15) is 46.5 Å². The summed E-state index contributed by atoms with van der Waals surface area (Å²) < 4.78 is 5.51. The third-order valence-electron chi connectivity index (χ3n) is 4.56. The van der Waals surface area contributed by atoms with Crippen molar-refractivity contribution in [2.75, 3.05) is 19.8 Å². The molecule has 3 atom stereocenters. The molecule has 21 heavy (non-hydrogen) atoms. The number of amides is 2. The van der Waals surface area contributed by atoms with Gasteiger partial charge in [-0.3, -0.25) is 9.59 Å². The fourth-order valence-electron chi connectivity index (χ4n) is 2.92. The fraction of sp³-hybridized carbons (Fsp3) is 0.875. The third-order valence-corrected chi connectivity index (χ3v) is 4.56. The van der Waals surface area contributed by atoms with Gasteiger partial charge in [-0.1, -0.05) is 27.2 Å². The first kappa shape index (κ1) is 16.3. The van der Waals surface area contributed by atoms with Crippen LogP contribution in [0.3, 0.4) is 0 Å². The van der Waals surface area contributed by atoms with Gasteiger partial charge in [-0.25, -0.2) is 0 Å². The van der Waals surface area contributed by atoms with Crippen molar-refractivity contribution < 1.29 is 14.3 Å². The maximum Gasteiger partial charge on any atom is 0.246 e. The number of hydrogen-bond donors (Lipinski definition) is 1. The largest absolute Gasteiger partial charge is 0.380 e. The monoisotopic (exact) mass is 296 g/mol. The minimum absolute atomic E-state index is 0.0258. The van der Waals surface area contributed by atoms with Crippen molar-refractivity contribution in [2.24, 2.45) is 11.8 Å². The van der Waals surface area contributed by atoms with Crippen LogP contribution in [-0.4, -0.2) is 48.6 Å². The molecule has 5 heteroatoms. The summed E-state index contributed by atoms with van der Waals surface area (Å²) in [5.41, 5.74) is 0. The van der Waals surface area contributed by atoms with E-state index in [2.05, 4.69) is 12.2 Å². The molecule has 0 spiro atoms. The number of nitrogens with zero attached hydrogens (tertiary/aromatic N) is 1. The molecular weight excluding hydrogens is 268 g/mol. The van der Waals surface area contributed by atoms with Crippen LogP contribution in [0.15, 0.2) is 0 Å². The van der Waals surface area contributed by atoms with Gasteiger partial charge in [0.25, 0.3) is 0 Å². The standard InChI is InChI=1S/C16H28N2O3/c1-4-9-21-10-8-18-14(12-6-7-12)15(19)17-13(16(18)20)11(3)5-2/h11-14H,4-10H2,1-3H3,(H,17,19). The lowest BCUT2D eigenvalue weighted by atomic mass is 9.93. The Balaban J connectivity index is 2.05. The average molecular weight is 296 g/mol. The third kappa shape index (κ3) is 3.76. The van der Waals surface area contributed by atoms with E-state index in [9.17, 15) is 9.59 Å². The van der Waals surface area contributed by atoms with Gasteiger partial charge in [-0.15, -0.1) is 0 Å². The fourth-order valence-corrected chi connectivity index (χ4v) is 2.92. The second-order valence-corrected chi connectivity index (χ2v) is 6.30. The molecule has 1 saturated carbocycles. The number of carbonyl (C=O) groups is 2. The topological polar surface area (TPSA) is 58.6 Å². The molecule has 2 amide bonds. The van der Waals surface area contributed by atoms with Crippen LogP contribution in [0.4, 0.5) is 0 Å². The van der Waals surface area contributed by atoms with Gasteiger partial charge >= 0.3 is 0 Å². The van der Waals surface area contributed by atoms with Crippen LogP contribution in [0.2, 0.25) is 0 Å². The molecule has 0 aromatic heterocycles. The molecular formula is C16H28N2O3. The summed E-state index contributed by atoms with van der Waals surface area (Å²) in [6.45, 7) is 7.88. The predicted molar refractivity (Wildman–Crippen MR) is 80.7 cm³/mol. The molecule has 1 saturated heterocycles. The maximum atomic E-state index is 12.7. The van der Waals surface area contributed by atoms with E-state index in [0.717, 1.165) is 25.7 Å². The van der Waals surface area contributed by atoms with Crippen LogP contribution in [0.25, 0.3) is 0 Å². The second kappa shape index (κ2) is 7.25. The number of nitrogens with one attached hydrogen (secondary N) is 1. The van der Waals surface area contributed by atoms with E-state index in [1.807, 2.05) is 13.8 Å². The first-order valence-electron chi connectivity index (χ1n) is 8.28. The molecule has 2 fully saturated rings. The van der Waals surface area contributed by atoms with Crippen molar-refractivity contribution in [1.82, 2.24) is 10.2 Å². The smallest absolute Gasteiger partial charge is 0.246 e. The molecule has 5 nitrogen and oxygen atoms in total. The lowest BCUT2D eigenvalue weighted by Gasteiger charge is -2.41. The Morgan fingerprint density at radius 2 is 2.00 bits per heavy atom. The van der Waals surface area contributed by atoms with Crippen LogP contribution < -0.4 is 5.32 Å². The van der Waals surface area contributed by atoms with Crippen LogP contribution in [0.5, 0.6) is 0 Å². The van der Waals surface area contributed by atoms with Crippen molar-refractivity contribution >= 4 is 11.8 Å². The maximum absolute atomic E-state index is 12.7. The number of hydrogen-bond acceptors (Lipinski definition) is 3. The number of rotatable bonds is 8. The summed E-state index contributed by atoms with van der Waals surface area (Å²) in [4.78, 5) is 26.9. The SMILES string of the molecule is CCCOCCN1C(=O)C(C(C)CC)NC(=O)C1C1CC1. The highest BCUT2D eigenvalue weighted by Crippen LogP contribution is 2.37. The number of piperazine rings is 1. The van der Waals surface area contributed by atoms with E-state index >= 15 is 0 Å². The molecule has 1 aliphatic heterocycles. The van der Waals surface area contributed by atoms with Gasteiger partial charge in [0.15, 0.2) is 0 Å². The zero-order valence-electron chi connectivity index (χ0n) is 13.4. The van der Waals surface area contributed by atoms with E-state index in [1.54, 1.807) is 4.90 Å². The van der Waals surface area contributed by atoms with Gasteiger partial charge in [-0.05, 0) is 31.1 Å². The molecule has 120 valence electrons. The molecule has 0 radical (unpaired) electrons. The van der Waals surface area contributed by atoms with Crippen molar-refractivity contribution in [3.63, 3.8) is 0 Å². The molecule has 3 unspecified atom stereocenters. The summed E-state index contributed by atoms with van der Waals surface area (Å²) >= 11 is 0. The number of ether oxygens (including phenoxy) is 1. The Hall–Kier alpha value is -1.10. The zero-order chi connectivity index (χ0) is 15.4. The number of carbonyl (C=O) groups excluding carboxylic acids is 2. The van der Waals surface area contributed by atoms with Gasteiger partial charge in [0.1, 0.15) is 12.1 Å². The lowest BCUT2D eigenvalue weighted by molar-refractivity contribution is -0.152. The summed E-state index contributed by atoms with van der Waals surface area (Å²) in [5.74, 6) is 0.609. The predicted octanol–water partition coefficient (Wildman–Crippen LogP) is 1.56. The Morgan fingerprint density at radius 3 is 2.57 bits per heavy atom. The van der Waals surface area contributed by atoms with Crippen molar-refractivity contribution in [3.8, 4) is 0 Å². The van der Waals surface area contributed by atoms with Crippen molar-refractivity contribution in [1.29, 1.82) is 0 Å². The zero-order valence-corrected chi connectivity index (χ0v) is 13.4. The normalized spacial score (nSPS) is 27.7. The highest BCUT2D eigenvalue weighted by molar-refractivity contribution is 5.97. The van der Waals surface area contributed by atoms with Crippen LogP contribution in [-0.2, 0) is 14.3 Å². The highest BCUT2D eigenvalue weighted by Gasteiger charge is 2.48. The molecule has 0 aromatic rings. The van der Waals surface area contributed by atoms with Gasteiger partial charge in [-0.2, -0.15) is 0 Å². The van der Waals surface area contributed by atoms with E-state index in [1.165, 1.54) is 0 Å². The molecule has 1 N–H and O–H groups in total. The Bertz CT molecular complexity index is 382. The molecule has 2 rings (SSSR count). The first-order valence-corrected chi connectivity index (χ1v) is 8.28. The second-order valence-electron chi connectivity index (χ2n) is 6.30. The minimum Gasteiger partial charge on any atom is -0.380 e. The first-order chi connectivity index (χ1) is 10.1. The summed E-state index contributed by atoms with van der Waals surface area (Å²) in [6.07, 6.45) is 3.94. The highest BCUT2D eigenvalue weighted by atomic mass is 16.5. The summed E-state index contributed by atoms with van der Waals surface area (Å²) in [6, 6.07) is -0.647. The van der Waals surface area contributed by atoms with Gasteiger partial charge in [0.2, 0.25) is 11.8 Å². The van der Waals surface area contributed by atoms with E-state index in [4.69, 9.17) is 4.74 Å². The van der Waals surface area contributed by atoms with E-state index in [0.29, 0.717) is 25.7 Å². The quantitative estimate of drug-likeness (QED) is 0.692. The molecule has 2 aliphatic rings. The van der Waals surface area contributed by atoms with Crippen molar-refractivity contribution in [3.05, 3.63) is 0 Å². The Morgan fingerprint density at radius 1 is 1.29 bits per heavy atom. The molecule has 1 aliphatic carbocycles. The van der Waals surface area contributed by atoms with Crippen LogP contribution >= 0.6 is 0 Å². The molecule has 1 heterocycles. The molecule has 0 bridgehead atoms. The summed E-state index contributed by atoms with van der Waals surface area (Å²) in [5, 5.41) is 2.95. The van der Waals surface area contributed by atoms with E-state index < -0.39 is 0 Å². The minimum atomic E-state index is -0.372. The van der Waals surface area contributed by atoms with Gasteiger partial charge in [0.05, 0.1) is 6.61 Å². The summed E-state index contributed by atoms with van der Waals surface area (Å²) in [7, 11) is 0. The molecule has 0 aromatic carbocycles. The van der Waals surface area contributed by atoms with Crippen LogP contribution in [0, 0.1) is 11.8 Å². The Labute approximate surface area is 127 Å².